The third-order valence-electron chi connectivity index (χ3n) is 2.65. The van der Waals surface area contributed by atoms with E-state index in [9.17, 15) is 0 Å². The molecule has 0 radical (unpaired) electrons. The Kier molecular flexibility index (Phi) is 1.08. The molecule has 2 heterocycles. The second-order valence-electron chi connectivity index (χ2n) is 3.44. The number of likely N-dealkylation sites (tertiary alicyclic amines) is 1. The van der Waals surface area contributed by atoms with E-state index in [4.69, 9.17) is 0 Å². The van der Waals surface area contributed by atoms with Crippen LogP contribution in [0.2, 0.25) is 0 Å². The Morgan fingerprint density at radius 1 is 1.44 bits per heavy atom. The molecule has 0 amide bonds. The summed E-state index contributed by atoms with van der Waals surface area (Å²) >= 11 is 0. The topological polar surface area (TPSA) is 15.3 Å². The smallest absolute Gasteiger partial charge is 0.0332 e. The van der Waals surface area contributed by atoms with Gasteiger partial charge in [0.2, 0.25) is 0 Å². The fourth-order valence-corrected chi connectivity index (χ4v) is 1.91. The van der Waals surface area contributed by atoms with Gasteiger partial charge in [-0.25, -0.2) is 0 Å². The van der Waals surface area contributed by atoms with E-state index in [0.29, 0.717) is 5.54 Å². The first-order valence-corrected chi connectivity index (χ1v) is 3.74. The van der Waals surface area contributed by atoms with Crippen molar-refractivity contribution in [1.29, 1.82) is 0 Å². The van der Waals surface area contributed by atoms with E-state index in [1.807, 2.05) is 0 Å². The maximum atomic E-state index is 3.51. The average Bonchev–Trinajstić information content (AvgIpc) is 2.09. The molecule has 0 unspecified atom stereocenters. The van der Waals surface area contributed by atoms with Crippen molar-refractivity contribution in [2.75, 3.05) is 26.7 Å². The zero-order valence-electron chi connectivity index (χ0n) is 5.98. The largest absolute Gasteiger partial charge is 0.310 e. The Morgan fingerprint density at radius 2 is 2.22 bits per heavy atom. The molecule has 0 aromatic carbocycles. The number of nitrogens with zero attached hydrogens (tertiary/aromatic N) is 1. The zero-order chi connectivity index (χ0) is 6.32. The molecule has 0 saturated carbocycles. The second kappa shape index (κ2) is 1.70. The summed E-state index contributed by atoms with van der Waals surface area (Å²) in [6.07, 6.45) is 2.76. The molecule has 2 fully saturated rings. The van der Waals surface area contributed by atoms with Gasteiger partial charge >= 0.3 is 0 Å². The number of nitrogens with one attached hydrogen (secondary N) is 1. The van der Waals surface area contributed by atoms with Gasteiger partial charge in [0.05, 0.1) is 0 Å². The highest BCUT2D eigenvalue weighted by Gasteiger charge is 2.40. The average molecular weight is 126 g/mol. The van der Waals surface area contributed by atoms with Crippen LogP contribution in [-0.2, 0) is 0 Å². The zero-order valence-corrected chi connectivity index (χ0v) is 5.98. The first-order chi connectivity index (χ1) is 4.31. The van der Waals surface area contributed by atoms with Crippen LogP contribution in [0.5, 0.6) is 0 Å². The van der Waals surface area contributed by atoms with Gasteiger partial charge in [-0.15, -0.1) is 0 Å². The van der Waals surface area contributed by atoms with Gasteiger partial charge < -0.3 is 10.2 Å². The highest BCUT2D eigenvalue weighted by molar-refractivity contribution is 5.02. The second-order valence-corrected chi connectivity index (χ2v) is 3.44. The lowest BCUT2D eigenvalue weighted by Gasteiger charge is -2.39. The highest BCUT2D eigenvalue weighted by atomic mass is 15.2. The van der Waals surface area contributed by atoms with Gasteiger partial charge in [-0.05, 0) is 33.0 Å². The van der Waals surface area contributed by atoms with Gasteiger partial charge in [0.15, 0.2) is 0 Å². The molecular weight excluding hydrogens is 112 g/mol. The molecule has 1 atom stereocenters. The minimum Gasteiger partial charge on any atom is -0.310 e. The quantitative estimate of drug-likeness (QED) is 0.493. The number of rotatable bonds is 0. The summed E-state index contributed by atoms with van der Waals surface area (Å²) in [6, 6.07) is 0. The Balaban J connectivity index is 1.99. The monoisotopic (exact) mass is 126 g/mol. The molecule has 2 aliphatic rings. The molecule has 1 N–H and O–H groups in total. The van der Waals surface area contributed by atoms with Gasteiger partial charge in [-0.3, -0.25) is 0 Å². The normalized spacial score (nSPS) is 43.7. The summed E-state index contributed by atoms with van der Waals surface area (Å²) < 4.78 is 0. The van der Waals surface area contributed by atoms with E-state index < -0.39 is 0 Å². The molecule has 0 aromatic heterocycles. The maximum Gasteiger partial charge on any atom is 0.0332 e. The third-order valence-corrected chi connectivity index (χ3v) is 2.65. The molecule has 2 saturated heterocycles. The summed E-state index contributed by atoms with van der Waals surface area (Å²) in [6.45, 7) is 3.80. The summed E-state index contributed by atoms with van der Waals surface area (Å²) in [4.78, 5) is 2.41. The lowest BCUT2D eigenvalue weighted by molar-refractivity contribution is 0.212. The number of likely N-dealkylation sites (N-methyl/N-ethyl adjacent to an activating group) is 1. The molecular formula is C7H14N2. The highest BCUT2D eigenvalue weighted by Crippen LogP contribution is 2.28. The summed E-state index contributed by atoms with van der Waals surface area (Å²) in [5.74, 6) is 0. The van der Waals surface area contributed by atoms with E-state index in [0.717, 1.165) is 0 Å². The lowest BCUT2D eigenvalue weighted by Crippen LogP contribution is -2.58. The van der Waals surface area contributed by atoms with Gasteiger partial charge in [0, 0.05) is 12.1 Å². The van der Waals surface area contributed by atoms with E-state index >= 15 is 0 Å². The molecule has 52 valence electrons. The van der Waals surface area contributed by atoms with Crippen molar-refractivity contribution in [3.63, 3.8) is 0 Å². The first-order valence-electron chi connectivity index (χ1n) is 3.74. The molecule has 0 bridgehead atoms. The van der Waals surface area contributed by atoms with E-state index in [1.165, 1.54) is 32.5 Å². The number of hydrogen-bond acceptors (Lipinski definition) is 2. The van der Waals surface area contributed by atoms with Crippen molar-refractivity contribution in [2.45, 2.75) is 18.4 Å². The third kappa shape index (κ3) is 0.775. The van der Waals surface area contributed by atoms with Crippen LogP contribution < -0.4 is 5.32 Å². The van der Waals surface area contributed by atoms with Crippen LogP contribution in [-0.4, -0.2) is 37.1 Å². The Hall–Kier alpha value is -0.0800. The SMILES string of the molecule is CN1CC[C@@]2(CCN2)C1. The molecule has 1 spiro atoms. The standard InChI is InChI=1S/C7H14N2/c1-9-5-3-7(6-9)2-4-8-7/h8H,2-6H2,1H3/t7-/m0/s1. The molecule has 2 heteroatoms. The van der Waals surface area contributed by atoms with Crippen LogP contribution in [0, 0.1) is 0 Å². The van der Waals surface area contributed by atoms with Crippen LogP contribution in [0.3, 0.4) is 0 Å². The van der Waals surface area contributed by atoms with Gasteiger partial charge in [0.1, 0.15) is 0 Å². The minimum absolute atomic E-state index is 0.564. The predicted octanol–water partition coefficient (Wildman–Crippen LogP) is 0.0540. The van der Waals surface area contributed by atoms with E-state index in [-0.39, 0.29) is 0 Å². The molecule has 0 aliphatic carbocycles. The predicted molar refractivity (Wildman–Crippen MR) is 37.5 cm³/mol. The molecule has 0 aromatic rings. The van der Waals surface area contributed by atoms with Crippen molar-refractivity contribution in [3.8, 4) is 0 Å². The number of hydrogen-bond donors (Lipinski definition) is 1. The molecule has 2 rings (SSSR count). The molecule has 9 heavy (non-hydrogen) atoms. The van der Waals surface area contributed by atoms with Crippen LogP contribution in [0.15, 0.2) is 0 Å². The first kappa shape index (κ1) is 5.69. The van der Waals surface area contributed by atoms with Crippen molar-refractivity contribution in [3.05, 3.63) is 0 Å². The fraction of sp³-hybridized carbons (Fsp3) is 1.00. The van der Waals surface area contributed by atoms with Gasteiger partial charge in [-0.2, -0.15) is 0 Å². The van der Waals surface area contributed by atoms with Crippen LogP contribution in [0.4, 0.5) is 0 Å². The maximum absolute atomic E-state index is 3.51. The van der Waals surface area contributed by atoms with Crippen molar-refractivity contribution >= 4 is 0 Å². The van der Waals surface area contributed by atoms with Crippen molar-refractivity contribution in [2.24, 2.45) is 0 Å². The lowest BCUT2D eigenvalue weighted by atomic mass is 9.87. The van der Waals surface area contributed by atoms with E-state index in [1.54, 1.807) is 0 Å². The van der Waals surface area contributed by atoms with Crippen LogP contribution >= 0.6 is 0 Å². The minimum atomic E-state index is 0.564. The molecule has 2 aliphatic heterocycles. The van der Waals surface area contributed by atoms with Crippen LogP contribution in [0.1, 0.15) is 12.8 Å². The molecule has 2 nitrogen and oxygen atoms in total. The fourth-order valence-electron chi connectivity index (χ4n) is 1.91. The summed E-state index contributed by atoms with van der Waals surface area (Å²) in [7, 11) is 2.20. The van der Waals surface area contributed by atoms with Crippen molar-refractivity contribution in [1.82, 2.24) is 10.2 Å². The van der Waals surface area contributed by atoms with Crippen molar-refractivity contribution < 1.29 is 0 Å². The Bertz CT molecular complexity index is 118. The Labute approximate surface area is 56.2 Å². The van der Waals surface area contributed by atoms with Crippen LogP contribution in [0.25, 0.3) is 0 Å². The summed E-state index contributed by atoms with van der Waals surface area (Å²) in [5.41, 5.74) is 0.564. The van der Waals surface area contributed by atoms with E-state index in [2.05, 4.69) is 17.3 Å². The Morgan fingerprint density at radius 3 is 2.44 bits per heavy atom. The van der Waals surface area contributed by atoms with Gasteiger partial charge in [-0.1, -0.05) is 0 Å². The van der Waals surface area contributed by atoms with Gasteiger partial charge in [0.25, 0.3) is 0 Å². The summed E-state index contributed by atoms with van der Waals surface area (Å²) in [5, 5.41) is 3.51.